The van der Waals surface area contributed by atoms with E-state index in [0.717, 1.165) is 5.56 Å². The van der Waals surface area contributed by atoms with Crippen LogP contribution < -0.4 is 5.32 Å². The zero-order valence-corrected chi connectivity index (χ0v) is 10.8. The number of benzene rings is 1. The van der Waals surface area contributed by atoms with Gasteiger partial charge in [-0.25, -0.2) is 0 Å². The smallest absolute Gasteiger partial charge is 0.242 e. The quantitative estimate of drug-likeness (QED) is 0.839. The molecular formula is C13H18N2O3. The standard InChI is InChI=1S/C13H18N2O3/c1-9(11-4-6-12(17)7-5-11)15(3)13(18)8-14-10(2)16/h4-7,9,17H,8H2,1-3H3,(H,14,16). The summed E-state index contributed by atoms with van der Waals surface area (Å²) in [6, 6.07) is 6.58. The molecule has 0 aliphatic rings. The van der Waals surface area contributed by atoms with Crippen molar-refractivity contribution >= 4 is 11.8 Å². The fourth-order valence-electron chi connectivity index (χ4n) is 1.52. The summed E-state index contributed by atoms with van der Waals surface area (Å²) in [4.78, 5) is 24.1. The molecule has 18 heavy (non-hydrogen) atoms. The van der Waals surface area contributed by atoms with Crippen molar-refractivity contribution in [3.8, 4) is 5.75 Å². The van der Waals surface area contributed by atoms with Gasteiger partial charge < -0.3 is 15.3 Å². The van der Waals surface area contributed by atoms with Crippen LogP contribution in [0.3, 0.4) is 0 Å². The van der Waals surface area contributed by atoms with Crippen molar-refractivity contribution in [2.24, 2.45) is 0 Å². The summed E-state index contributed by atoms with van der Waals surface area (Å²) in [6.07, 6.45) is 0. The first-order valence-corrected chi connectivity index (χ1v) is 5.71. The molecule has 2 amide bonds. The number of aromatic hydroxyl groups is 1. The fourth-order valence-corrected chi connectivity index (χ4v) is 1.52. The highest BCUT2D eigenvalue weighted by Gasteiger charge is 2.17. The third-order valence-electron chi connectivity index (χ3n) is 2.84. The Kier molecular flexibility index (Phi) is 4.71. The van der Waals surface area contributed by atoms with Crippen LogP contribution in [-0.4, -0.2) is 35.4 Å². The third kappa shape index (κ3) is 3.76. The van der Waals surface area contributed by atoms with Crippen molar-refractivity contribution < 1.29 is 14.7 Å². The van der Waals surface area contributed by atoms with Gasteiger partial charge in [-0.1, -0.05) is 12.1 Å². The summed E-state index contributed by atoms with van der Waals surface area (Å²) >= 11 is 0. The fraction of sp³-hybridized carbons (Fsp3) is 0.385. The number of rotatable bonds is 4. The Morgan fingerprint density at radius 3 is 2.39 bits per heavy atom. The number of hydrogen-bond donors (Lipinski definition) is 2. The second kappa shape index (κ2) is 6.05. The summed E-state index contributed by atoms with van der Waals surface area (Å²) in [5.41, 5.74) is 0.923. The molecule has 1 rings (SSSR count). The van der Waals surface area contributed by atoms with Crippen LogP contribution >= 0.6 is 0 Å². The average Bonchev–Trinajstić information content (AvgIpc) is 2.35. The number of nitrogens with zero attached hydrogens (tertiary/aromatic N) is 1. The number of carbonyl (C=O) groups excluding carboxylic acids is 2. The third-order valence-corrected chi connectivity index (χ3v) is 2.84. The number of nitrogens with one attached hydrogen (secondary N) is 1. The molecule has 0 heterocycles. The molecule has 1 atom stereocenters. The molecule has 2 N–H and O–H groups in total. The largest absolute Gasteiger partial charge is 0.508 e. The Hall–Kier alpha value is -2.04. The SMILES string of the molecule is CC(=O)NCC(=O)N(C)C(C)c1ccc(O)cc1. The van der Waals surface area contributed by atoms with Crippen LogP contribution in [0.15, 0.2) is 24.3 Å². The zero-order valence-electron chi connectivity index (χ0n) is 10.8. The van der Waals surface area contributed by atoms with Gasteiger partial charge in [0.25, 0.3) is 0 Å². The van der Waals surface area contributed by atoms with Crippen LogP contribution in [0.4, 0.5) is 0 Å². The lowest BCUT2D eigenvalue weighted by Crippen LogP contribution is -2.38. The molecule has 0 saturated carbocycles. The molecule has 1 aromatic carbocycles. The van der Waals surface area contributed by atoms with Gasteiger partial charge in [0.2, 0.25) is 11.8 Å². The van der Waals surface area contributed by atoms with E-state index >= 15 is 0 Å². The van der Waals surface area contributed by atoms with E-state index < -0.39 is 0 Å². The summed E-state index contributed by atoms with van der Waals surface area (Å²) in [5.74, 6) is -0.196. The first-order valence-electron chi connectivity index (χ1n) is 5.71. The number of phenolic OH excluding ortho intramolecular Hbond substituents is 1. The molecule has 0 aliphatic heterocycles. The summed E-state index contributed by atoms with van der Waals surface area (Å²) in [7, 11) is 1.68. The number of hydrogen-bond acceptors (Lipinski definition) is 3. The lowest BCUT2D eigenvalue weighted by molar-refractivity contribution is -0.133. The van der Waals surface area contributed by atoms with Crippen molar-refractivity contribution in [3.63, 3.8) is 0 Å². The van der Waals surface area contributed by atoms with Gasteiger partial charge in [-0.3, -0.25) is 9.59 Å². The number of carbonyl (C=O) groups is 2. The molecule has 0 aromatic heterocycles. The predicted octanol–water partition coefficient (Wildman–Crippen LogP) is 1.05. The highest BCUT2D eigenvalue weighted by Crippen LogP contribution is 2.20. The average molecular weight is 250 g/mol. The molecule has 5 nitrogen and oxygen atoms in total. The molecule has 0 aliphatic carbocycles. The van der Waals surface area contributed by atoms with Crippen molar-refractivity contribution in [1.29, 1.82) is 0 Å². The van der Waals surface area contributed by atoms with Crippen LogP contribution in [0.2, 0.25) is 0 Å². The van der Waals surface area contributed by atoms with Gasteiger partial charge in [0, 0.05) is 14.0 Å². The molecule has 0 radical (unpaired) electrons. The lowest BCUT2D eigenvalue weighted by Gasteiger charge is -2.25. The Bertz CT molecular complexity index is 428. The molecular weight excluding hydrogens is 232 g/mol. The van der Waals surface area contributed by atoms with E-state index in [2.05, 4.69) is 5.32 Å². The topological polar surface area (TPSA) is 69.6 Å². The monoisotopic (exact) mass is 250 g/mol. The van der Waals surface area contributed by atoms with Crippen molar-refractivity contribution in [2.45, 2.75) is 19.9 Å². The molecule has 5 heteroatoms. The molecule has 0 fully saturated rings. The van der Waals surface area contributed by atoms with Gasteiger partial charge in [-0.2, -0.15) is 0 Å². The summed E-state index contributed by atoms with van der Waals surface area (Å²) < 4.78 is 0. The second-order valence-electron chi connectivity index (χ2n) is 4.18. The molecule has 0 bridgehead atoms. The van der Waals surface area contributed by atoms with E-state index in [0.29, 0.717) is 0 Å². The van der Waals surface area contributed by atoms with Gasteiger partial charge >= 0.3 is 0 Å². The maximum atomic E-state index is 11.8. The van der Waals surface area contributed by atoms with E-state index in [4.69, 9.17) is 0 Å². The highest BCUT2D eigenvalue weighted by atomic mass is 16.3. The lowest BCUT2D eigenvalue weighted by atomic mass is 10.1. The van der Waals surface area contributed by atoms with Crippen LogP contribution in [0, 0.1) is 0 Å². The Labute approximate surface area is 106 Å². The predicted molar refractivity (Wildman–Crippen MR) is 68.0 cm³/mol. The van der Waals surface area contributed by atoms with E-state index in [-0.39, 0.29) is 30.2 Å². The summed E-state index contributed by atoms with van der Waals surface area (Å²) in [5, 5.41) is 11.7. The van der Waals surface area contributed by atoms with Crippen LogP contribution in [0.5, 0.6) is 5.75 Å². The minimum atomic E-state index is -0.228. The normalized spacial score (nSPS) is 11.7. The molecule has 98 valence electrons. The van der Waals surface area contributed by atoms with E-state index in [1.165, 1.54) is 6.92 Å². The van der Waals surface area contributed by atoms with Crippen molar-refractivity contribution in [2.75, 3.05) is 13.6 Å². The Morgan fingerprint density at radius 1 is 1.33 bits per heavy atom. The van der Waals surface area contributed by atoms with E-state index in [9.17, 15) is 14.7 Å². The van der Waals surface area contributed by atoms with Crippen LogP contribution in [0.25, 0.3) is 0 Å². The van der Waals surface area contributed by atoms with Crippen molar-refractivity contribution in [3.05, 3.63) is 29.8 Å². The minimum absolute atomic E-state index is 0.00570. The van der Waals surface area contributed by atoms with Crippen LogP contribution in [-0.2, 0) is 9.59 Å². The molecule has 1 unspecified atom stereocenters. The van der Waals surface area contributed by atoms with E-state index in [1.54, 1.807) is 36.2 Å². The van der Waals surface area contributed by atoms with Gasteiger partial charge in [0.05, 0.1) is 12.6 Å². The minimum Gasteiger partial charge on any atom is -0.508 e. The highest BCUT2D eigenvalue weighted by molar-refractivity contribution is 5.83. The van der Waals surface area contributed by atoms with Crippen molar-refractivity contribution in [1.82, 2.24) is 10.2 Å². The van der Waals surface area contributed by atoms with Crippen LogP contribution in [0.1, 0.15) is 25.5 Å². The Morgan fingerprint density at radius 2 is 1.89 bits per heavy atom. The first kappa shape index (κ1) is 14.0. The second-order valence-corrected chi connectivity index (χ2v) is 4.18. The molecule has 1 aromatic rings. The number of phenols is 1. The number of amides is 2. The van der Waals surface area contributed by atoms with Gasteiger partial charge in [0.15, 0.2) is 0 Å². The Balaban J connectivity index is 2.65. The summed E-state index contributed by atoms with van der Waals surface area (Å²) in [6.45, 7) is 3.25. The zero-order chi connectivity index (χ0) is 13.7. The maximum absolute atomic E-state index is 11.8. The van der Waals surface area contributed by atoms with Gasteiger partial charge in [-0.15, -0.1) is 0 Å². The molecule has 0 spiro atoms. The first-order chi connectivity index (χ1) is 8.41. The van der Waals surface area contributed by atoms with Gasteiger partial charge in [-0.05, 0) is 24.6 Å². The van der Waals surface area contributed by atoms with Gasteiger partial charge in [0.1, 0.15) is 5.75 Å². The molecule has 0 saturated heterocycles. The maximum Gasteiger partial charge on any atom is 0.242 e. The van der Waals surface area contributed by atoms with E-state index in [1.807, 2.05) is 6.92 Å². The number of likely N-dealkylation sites (N-methyl/N-ethyl adjacent to an activating group) is 1.